The minimum Gasteiger partial charge on any atom is -0.266 e. The molecule has 0 N–H and O–H groups in total. The second kappa shape index (κ2) is 5.18. The lowest BCUT2D eigenvalue weighted by Gasteiger charge is -2.12. The largest absolute Gasteiger partial charge is 0.285 e. The summed E-state index contributed by atoms with van der Waals surface area (Å²) in [5, 5.41) is 0.757. The van der Waals surface area contributed by atoms with Gasteiger partial charge in [-0.1, -0.05) is 35.3 Å². The molecule has 0 bridgehead atoms. The van der Waals surface area contributed by atoms with E-state index in [1.807, 2.05) is 0 Å². The molecule has 1 aliphatic rings. The Hall–Kier alpha value is -1.40. The maximum Gasteiger partial charge on any atom is 0.285 e. The van der Waals surface area contributed by atoms with Crippen molar-refractivity contribution in [2.75, 3.05) is 0 Å². The first-order chi connectivity index (χ1) is 9.58. The molecular formula is C13H7Cl2NO3S. The van der Waals surface area contributed by atoms with Crippen LogP contribution in [0.4, 0.5) is 0 Å². The van der Waals surface area contributed by atoms with Crippen molar-refractivity contribution in [2.45, 2.75) is 6.61 Å². The summed E-state index contributed by atoms with van der Waals surface area (Å²) in [5.74, 6) is -0.939. The van der Waals surface area contributed by atoms with Crippen LogP contribution < -0.4 is 0 Å². The Bertz CT molecular complexity index is 678. The van der Waals surface area contributed by atoms with Crippen molar-refractivity contribution in [3.63, 3.8) is 0 Å². The van der Waals surface area contributed by atoms with Gasteiger partial charge in [-0.3, -0.25) is 14.4 Å². The molecule has 1 aliphatic heterocycles. The van der Waals surface area contributed by atoms with E-state index >= 15 is 0 Å². The van der Waals surface area contributed by atoms with E-state index < -0.39 is 11.8 Å². The van der Waals surface area contributed by atoms with E-state index in [2.05, 4.69) is 0 Å². The molecule has 0 atom stereocenters. The van der Waals surface area contributed by atoms with Crippen molar-refractivity contribution < 1.29 is 14.4 Å². The number of amides is 2. The highest BCUT2D eigenvalue weighted by atomic mass is 35.5. The Morgan fingerprint density at radius 2 is 1.70 bits per heavy atom. The number of thiophene rings is 1. The Morgan fingerprint density at radius 3 is 2.20 bits per heavy atom. The first kappa shape index (κ1) is 13.6. The molecule has 0 radical (unpaired) electrons. The van der Waals surface area contributed by atoms with Gasteiger partial charge in [-0.05, 0) is 18.2 Å². The van der Waals surface area contributed by atoms with Crippen LogP contribution in [0.5, 0.6) is 0 Å². The van der Waals surface area contributed by atoms with Crippen molar-refractivity contribution in [2.24, 2.45) is 0 Å². The number of nitrogens with zero attached hydrogens (tertiary/aromatic N) is 1. The maximum atomic E-state index is 12.0. The third-order valence-electron chi connectivity index (χ3n) is 2.83. The molecule has 0 aliphatic carbocycles. The summed E-state index contributed by atoms with van der Waals surface area (Å²) in [7, 11) is 0. The van der Waals surface area contributed by atoms with Crippen LogP contribution in [0.25, 0.3) is 0 Å². The molecule has 1 aromatic heterocycles. The Morgan fingerprint density at radius 1 is 1.10 bits per heavy atom. The number of carbonyl (C=O) groups is 2. The molecule has 102 valence electrons. The van der Waals surface area contributed by atoms with E-state index in [-0.39, 0.29) is 6.61 Å². The summed E-state index contributed by atoms with van der Waals surface area (Å²) < 4.78 is 1.00. The Kier molecular flexibility index (Phi) is 3.52. The molecular weight excluding hydrogens is 321 g/mol. The average molecular weight is 328 g/mol. The van der Waals surface area contributed by atoms with Crippen molar-refractivity contribution in [1.82, 2.24) is 5.06 Å². The molecule has 2 amide bonds. The lowest BCUT2D eigenvalue weighted by molar-refractivity contribution is -0.100. The van der Waals surface area contributed by atoms with Crippen LogP contribution in [0.2, 0.25) is 8.67 Å². The standard InChI is InChI=1S/C13H7Cl2NO3S/c14-10-5-7(11(15)20-10)6-19-16-12(17)8-3-1-2-4-9(8)13(16)18/h1-5H,6H2. The Labute approximate surface area is 128 Å². The quantitative estimate of drug-likeness (QED) is 0.806. The van der Waals surface area contributed by atoms with Gasteiger partial charge in [0.25, 0.3) is 11.8 Å². The second-order valence-corrected chi connectivity index (χ2v) is 6.36. The van der Waals surface area contributed by atoms with E-state index in [9.17, 15) is 9.59 Å². The van der Waals surface area contributed by atoms with Crippen LogP contribution in [0.15, 0.2) is 30.3 Å². The van der Waals surface area contributed by atoms with Gasteiger partial charge < -0.3 is 0 Å². The molecule has 20 heavy (non-hydrogen) atoms. The summed E-state index contributed by atoms with van der Waals surface area (Å²) in [6.07, 6.45) is 0. The summed E-state index contributed by atoms with van der Waals surface area (Å²) in [4.78, 5) is 29.4. The number of halogens is 2. The van der Waals surface area contributed by atoms with Crippen LogP contribution >= 0.6 is 34.5 Å². The lowest BCUT2D eigenvalue weighted by atomic mass is 10.1. The second-order valence-electron chi connectivity index (χ2n) is 4.07. The van der Waals surface area contributed by atoms with Gasteiger partial charge in [0, 0.05) is 5.56 Å². The van der Waals surface area contributed by atoms with Gasteiger partial charge >= 0.3 is 0 Å². The summed E-state index contributed by atoms with van der Waals surface area (Å²) in [6.45, 7) is 0.00746. The highest BCUT2D eigenvalue weighted by molar-refractivity contribution is 7.20. The molecule has 1 aromatic carbocycles. The number of hydroxylamine groups is 2. The van der Waals surface area contributed by atoms with E-state index in [1.165, 1.54) is 11.3 Å². The van der Waals surface area contributed by atoms with Crippen molar-refractivity contribution in [3.8, 4) is 0 Å². The normalized spacial score (nSPS) is 14.0. The van der Waals surface area contributed by atoms with Crippen LogP contribution in [0.3, 0.4) is 0 Å². The first-order valence-electron chi connectivity index (χ1n) is 5.62. The molecule has 0 fully saturated rings. The van der Waals surface area contributed by atoms with Gasteiger partial charge in [-0.2, -0.15) is 0 Å². The smallest absolute Gasteiger partial charge is 0.266 e. The topological polar surface area (TPSA) is 46.6 Å². The zero-order valence-electron chi connectivity index (χ0n) is 9.93. The number of benzene rings is 1. The molecule has 4 nitrogen and oxygen atoms in total. The minimum absolute atomic E-state index is 0.00746. The predicted molar refractivity (Wildman–Crippen MR) is 76.1 cm³/mol. The maximum absolute atomic E-state index is 12.0. The van der Waals surface area contributed by atoms with Gasteiger partial charge in [0.05, 0.1) is 19.8 Å². The summed E-state index contributed by atoms with van der Waals surface area (Å²) >= 11 is 13.0. The average Bonchev–Trinajstić information content (AvgIpc) is 2.87. The number of imide groups is 1. The summed E-state index contributed by atoms with van der Waals surface area (Å²) in [6, 6.07) is 8.22. The third-order valence-corrected chi connectivity index (χ3v) is 4.40. The fraction of sp³-hybridized carbons (Fsp3) is 0.0769. The minimum atomic E-state index is -0.469. The van der Waals surface area contributed by atoms with E-state index in [4.69, 9.17) is 28.0 Å². The molecule has 0 saturated carbocycles. The molecule has 2 heterocycles. The van der Waals surface area contributed by atoms with Gasteiger partial charge in [0.15, 0.2) is 0 Å². The van der Waals surface area contributed by atoms with Gasteiger partial charge in [0.1, 0.15) is 6.61 Å². The molecule has 2 aromatic rings. The van der Waals surface area contributed by atoms with Crippen LogP contribution in [-0.4, -0.2) is 16.9 Å². The van der Waals surface area contributed by atoms with Gasteiger partial charge in [-0.25, -0.2) is 0 Å². The number of fused-ring (bicyclic) bond motifs is 1. The molecule has 0 unspecified atom stereocenters. The zero-order valence-corrected chi connectivity index (χ0v) is 12.3. The number of hydrogen-bond donors (Lipinski definition) is 0. The molecule has 7 heteroatoms. The van der Waals surface area contributed by atoms with Crippen molar-refractivity contribution in [3.05, 3.63) is 55.7 Å². The van der Waals surface area contributed by atoms with E-state index in [0.717, 1.165) is 5.06 Å². The number of carbonyl (C=O) groups excluding carboxylic acids is 2. The predicted octanol–water partition coefficient (Wildman–Crippen LogP) is 3.78. The molecule has 0 saturated heterocycles. The third kappa shape index (κ3) is 2.23. The SMILES string of the molecule is O=C1c2ccccc2C(=O)N1OCc1cc(Cl)sc1Cl. The highest BCUT2D eigenvalue weighted by Gasteiger charge is 2.36. The highest BCUT2D eigenvalue weighted by Crippen LogP contribution is 2.32. The van der Waals surface area contributed by atoms with Crippen LogP contribution in [0, 0.1) is 0 Å². The lowest BCUT2D eigenvalue weighted by Crippen LogP contribution is -2.29. The van der Waals surface area contributed by atoms with Crippen LogP contribution in [-0.2, 0) is 11.4 Å². The monoisotopic (exact) mass is 327 g/mol. The zero-order chi connectivity index (χ0) is 14.3. The van der Waals surface area contributed by atoms with Crippen molar-refractivity contribution >= 4 is 46.4 Å². The van der Waals surface area contributed by atoms with E-state index in [0.29, 0.717) is 25.4 Å². The number of hydrogen-bond acceptors (Lipinski definition) is 4. The van der Waals surface area contributed by atoms with Gasteiger partial charge in [-0.15, -0.1) is 16.4 Å². The fourth-order valence-corrected chi connectivity index (χ4v) is 3.35. The summed E-state index contributed by atoms with van der Waals surface area (Å²) in [5.41, 5.74) is 1.32. The van der Waals surface area contributed by atoms with Crippen molar-refractivity contribution in [1.29, 1.82) is 0 Å². The molecule has 0 spiro atoms. The van der Waals surface area contributed by atoms with Crippen LogP contribution in [0.1, 0.15) is 26.3 Å². The van der Waals surface area contributed by atoms with E-state index in [1.54, 1.807) is 30.3 Å². The first-order valence-corrected chi connectivity index (χ1v) is 7.19. The molecule has 3 rings (SSSR count). The number of rotatable bonds is 3. The van der Waals surface area contributed by atoms with Gasteiger partial charge in [0.2, 0.25) is 0 Å². The fourth-order valence-electron chi connectivity index (χ4n) is 1.89. The Balaban J connectivity index is 1.79.